The summed E-state index contributed by atoms with van der Waals surface area (Å²) in [5.74, 6) is 0. The van der Waals surface area contributed by atoms with Crippen molar-refractivity contribution >= 4 is 11.6 Å². The first-order valence-electron chi connectivity index (χ1n) is 3.47. The SMILES string of the molecule is [C-]#[N+]CC(F)c1cccc(Cl)c1. The van der Waals surface area contributed by atoms with Gasteiger partial charge in [0, 0.05) is 5.02 Å². The minimum absolute atomic E-state index is 0.139. The highest BCUT2D eigenvalue weighted by Crippen LogP contribution is 2.20. The third-order valence-corrected chi connectivity index (χ3v) is 1.70. The van der Waals surface area contributed by atoms with Crippen LogP contribution < -0.4 is 0 Å². The Morgan fingerprint density at radius 2 is 2.33 bits per heavy atom. The van der Waals surface area contributed by atoms with Crippen LogP contribution in [0, 0.1) is 6.57 Å². The number of alkyl halides is 1. The van der Waals surface area contributed by atoms with E-state index in [9.17, 15) is 4.39 Å². The van der Waals surface area contributed by atoms with E-state index in [0.29, 0.717) is 10.6 Å². The quantitative estimate of drug-likeness (QED) is 0.620. The van der Waals surface area contributed by atoms with Crippen molar-refractivity contribution in [3.05, 3.63) is 46.3 Å². The third kappa shape index (κ3) is 2.21. The van der Waals surface area contributed by atoms with Crippen LogP contribution in [-0.2, 0) is 0 Å². The molecule has 1 unspecified atom stereocenters. The highest BCUT2D eigenvalue weighted by Gasteiger charge is 2.11. The lowest BCUT2D eigenvalue weighted by Gasteiger charge is -2.01. The molecule has 0 saturated heterocycles. The molecule has 0 N–H and O–H groups in total. The molecule has 1 rings (SSSR count). The monoisotopic (exact) mass is 183 g/mol. The Kier molecular flexibility index (Phi) is 3.07. The van der Waals surface area contributed by atoms with E-state index in [0.717, 1.165) is 0 Å². The van der Waals surface area contributed by atoms with E-state index in [1.807, 2.05) is 0 Å². The lowest BCUT2D eigenvalue weighted by molar-refractivity contribution is 0.367. The molecule has 0 aliphatic carbocycles. The second-order valence-electron chi connectivity index (χ2n) is 2.36. The number of hydrogen-bond acceptors (Lipinski definition) is 0. The highest BCUT2D eigenvalue weighted by molar-refractivity contribution is 6.30. The van der Waals surface area contributed by atoms with Gasteiger partial charge in [-0.3, -0.25) is 0 Å². The van der Waals surface area contributed by atoms with Gasteiger partial charge >= 0.3 is 0 Å². The molecule has 0 fully saturated rings. The molecule has 62 valence electrons. The smallest absolute Gasteiger partial charge is 0.249 e. The van der Waals surface area contributed by atoms with Crippen molar-refractivity contribution in [1.82, 2.24) is 0 Å². The molecule has 0 saturated carbocycles. The van der Waals surface area contributed by atoms with Crippen LogP contribution in [0.2, 0.25) is 5.02 Å². The third-order valence-electron chi connectivity index (χ3n) is 1.46. The molecule has 0 aliphatic heterocycles. The molecule has 0 bridgehead atoms. The largest absolute Gasteiger partial charge is 0.313 e. The molecule has 12 heavy (non-hydrogen) atoms. The molecule has 0 aliphatic rings. The normalized spacial score (nSPS) is 12.1. The maximum absolute atomic E-state index is 13.0. The number of benzene rings is 1. The maximum atomic E-state index is 13.0. The summed E-state index contributed by atoms with van der Waals surface area (Å²) in [7, 11) is 0. The van der Waals surface area contributed by atoms with Crippen molar-refractivity contribution in [3.8, 4) is 0 Å². The van der Waals surface area contributed by atoms with Crippen molar-refractivity contribution < 1.29 is 4.39 Å². The van der Waals surface area contributed by atoms with Gasteiger partial charge in [0.1, 0.15) is 0 Å². The Balaban J connectivity index is 2.82. The highest BCUT2D eigenvalue weighted by atomic mass is 35.5. The Bertz CT molecular complexity index is 306. The number of nitrogens with zero attached hydrogens (tertiary/aromatic N) is 1. The first-order chi connectivity index (χ1) is 5.74. The fourth-order valence-electron chi connectivity index (χ4n) is 0.887. The fourth-order valence-corrected chi connectivity index (χ4v) is 1.09. The molecule has 0 amide bonds. The second-order valence-corrected chi connectivity index (χ2v) is 2.80. The van der Waals surface area contributed by atoms with Crippen LogP contribution >= 0.6 is 11.6 Å². The molecule has 1 atom stereocenters. The summed E-state index contributed by atoms with van der Waals surface area (Å²) in [6.07, 6.45) is -1.22. The van der Waals surface area contributed by atoms with E-state index >= 15 is 0 Å². The Labute approximate surface area is 75.6 Å². The van der Waals surface area contributed by atoms with E-state index in [1.165, 1.54) is 6.07 Å². The lowest BCUT2D eigenvalue weighted by Crippen LogP contribution is -1.93. The van der Waals surface area contributed by atoms with Gasteiger partial charge in [0.2, 0.25) is 6.54 Å². The van der Waals surface area contributed by atoms with Crippen molar-refractivity contribution in [1.29, 1.82) is 0 Å². The topological polar surface area (TPSA) is 4.36 Å². The Hall–Kier alpha value is -1.07. The summed E-state index contributed by atoms with van der Waals surface area (Å²) in [5.41, 5.74) is 0.471. The molecule has 1 aromatic rings. The zero-order valence-corrected chi connectivity index (χ0v) is 7.05. The van der Waals surface area contributed by atoms with Crippen LogP contribution in [0.15, 0.2) is 24.3 Å². The summed E-state index contributed by atoms with van der Waals surface area (Å²) in [4.78, 5) is 2.97. The van der Waals surface area contributed by atoms with Crippen LogP contribution in [-0.4, -0.2) is 6.54 Å². The van der Waals surface area contributed by atoms with Crippen molar-refractivity contribution in [2.24, 2.45) is 0 Å². The van der Waals surface area contributed by atoms with Gasteiger partial charge in [0.05, 0.1) is 0 Å². The van der Waals surface area contributed by atoms with E-state index in [1.54, 1.807) is 18.2 Å². The first kappa shape index (κ1) is 9.02. The van der Waals surface area contributed by atoms with Gasteiger partial charge in [-0.1, -0.05) is 23.7 Å². The maximum Gasteiger partial charge on any atom is 0.249 e. The Morgan fingerprint density at radius 1 is 1.58 bits per heavy atom. The van der Waals surface area contributed by atoms with Crippen LogP contribution in [0.1, 0.15) is 11.7 Å². The minimum atomic E-state index is -1.22. The predicted octanol–water partition coefficient (Wildman–Crippen LogP) is 3.27. The van der Waals surface area contributed by atoms with Gasteiger partial charge in [-0.05, 0) is 17.7 Å². The van der Waals surface area contributed by atoms with Gasteiger partial charge in [-0.25, -0.2) is 11.0 Å². The van der Waals surface area contributed by atoms with Crippen molar-refractivity contribution in [2.45, 2.75) is 6.17 Å². The molecular weight excluding hydrogens is 177 g/mol. The summed E-state index contributed by atoms with van der Waals surface area (Å²) < 4.78 is 13.0. The van der Waals surface area contributed by atoms with E-state index in [-0.39, 0.29) is 6.54 Å². The zero-order chi connectivity index (χ0) is 8.97. The average molecular weight is 184 g/mol. The molecule has 1 aromatic carbocycles. The van der Waals surface area contributed by atoms with Gasteiger partial charge in [-0.2, -0.15) is 0 Å². The molecule has 0 spiro atoms. The number of halogens is 2. The van der Waals surface area contributed by atoms with Crippen LogP contribution in [0.3, 0.4) is 0 Å². The molecular formula is C9H7ClFN. The van der Waals surface area contributed by atoms with Crippen LogP contribution in [0.25, 0.3) is 4.85 Å². The average Bonchev–Trinajstić information content (AvgIpc) is 2.05. The van der Waals surface area contributed by atoms with Crippen LogP contribution in [0.5, 0.6) is 0 Å². The second kappa shape index (κ2) is 4.08. The molecule has 0 heterocycles. The summed E-state index contributed by atoms with van der Waals surface area (Å²) >= 11 is 5.64. The zero-order valence-electron chi connectivity index (χ0n) is 6.30. The molecule has 0 aromatic heterocycles. The lowest BCUT2D eigenvalue weighted by atomic mass is 10.1. The van der Waals surface area contributed by atoms with Crippen molar-refractivity contribution in [3.63, 3.8) is 0 Å². The summed E-state index contributed by atoms with van der Waals surface area (Å²) in [5, 5.41) is 0.500. The predicted molar refractivity (Wildman–Crippen MR) is 46.8 cm³/mol. The molecule has 3 heteroatoms. The summed E-state index contributed by atoms with van der Waals surface area (Å²) in [6, 6.07) is 6.52. The number of rotatable bonds is 2. The van der Waals surface area contributed by atoms with Gasteiger partial charge in [0.15, 0.2) is 6.17 Å². The molecule has 0 radical (unpaired) electrons. The van der Waals surface area contributed by atoms with E-state index < -0.39 is 6.17 Å². The molecule has 1 nitrogen and oxygen atoms in total. The fraction of sp³-hybridized carbons (Fsp3) is 0.222. The minimum Gasteiger partial charge on any atom is -0.313 e. The standard InChI is InChI=1S/C9H7ClFN/c1-12-6-9(11)7-3-2-4-8(10)5-7/h2-5,9H,6H2. The van der Waals surface area contributed by atoms with E-state index in [2.05, 4.69) is 4.85 Å². The Morgan fingerprint density at radius 3 is 2.92 bits per heavy atom. The van der Waals surface area contributed by atoms with Gasteiger partial charge in [-0.15, -0.1) is 0 Å². The van der Waals surface area contributed by atoms with Gasteiger partial charge < -0.3 is 4.85 Å². The van der Waals surface area contributed by atoms with Crippen molar-refractivity contribution in [2.75, 3.05) is 6.54 Å². The van der Waals surface area contributed by atoms with Crippen LogP contribution in [0.4, 0.5) is 4.39 Å². The van der Waals surface area contributed by atoms with Gasteiger partial charge in [0.25, 0.3) is 0 Å². The van der Waals surface area contributed by atoms with E-state index in [4.69, 9.17) is 18.2 Å². The summed E-state index contributed by atoms with van der Waals surface area (Å²) in [6.45, 7) is 6.35. The number of hydrogen-bond donors (Lipinski definition) is 0. The first-order valence-corrected chi connectivity index (χ1v) is 3.84.